The molecular formula is C15H14FN3. The van der Waals surface area contributed by atoms with Crippen LogP contribution in [0.1, 0.15) is 22.3 Å². The maximum absolute atomic E-state index is 13.2. The average molecular weight is 255 g/mol. The Hall–Kier alpha value is -2.25. The molecule has 1 N–H and O–H groups in total. The Morgan fingerprint density at radius 3 is 2.89 bits per heavy atom. The van der Waals surface area contributed by atoms with Gasteiger partial charge in [-0.3, -0.25) is 4.98 Å². The minimum Gasteiger partial charge on any atom is -0.309 e. The van der Waals surface area contributed by atoms with E-state index in [0.717, 1.165) is 16.7 Å². The summed E-state index contributed by atoms with van der Waals surface area (Å²) in [5.41, 5.74) is 3.39. The Balaban J connectivity index is 1.98. The zero-order valence-electron chi connectivity index (χ0n) is 10.7. The smallest absolute Gasteiger partial charge is 0.124 e. The molecule has 0 unspecified atom stereocenters. The molecule has 4 heteroatoms. The molecule has 2 aromatic rings. The van der Waals surface area contributed by atoms with Gasteiger partial charge in [0.05, 0.1) is 11.6 Å². The van der Waals surface area contributed by atoms with Crippen molar-refractivity contribution in [2.24, 2.45) is 0 Å². The van der Waals surface area contributed by atoms with Crippen molar-refractivity contribution in [3.8, 4) is 6.07 Å². The maximum atomic E-state index is 13.2. The van der Waals surface area contributed by atoms with Gasteiger partial charge in [0, 0.05) is 25.5 Å². The van der Waals surface area contributed by atoms with Gasteiger partial charge in [-0.15, -0.1) is 0 Å². The van der Waals surface area contributed by atoms with Gasteiger partial charge in [0.1, 0.15) is 5.82 Å². The van der Waals surface area contributed by atoms with Crippen LogP contribution in [0.25, 0.3) is 0 Å². The van der Waals surface area contributed by atoms with Gasteiger partial charge in [0.15, 0.2) is 0 Å². The lowest BCUT2D eigenvalue weighted by Gasteiger charge is -2.07. The van der Waals surface area contributed by atoms with Crippen LogP contribution in [-0.2, 0) is 13.1 Å². The molecule has 0 saturated heterocycles. The van der Waals surface area contributed by atoms with Crippen LogP contribution in [0, 0.1) is 24.1 Å². The van der Waals surface area contributed by atoms with Gasteiger partial charge in [-0.05, 0) is 47.9 Å². The fraction of sp³-hybridized carbons (Fsp3) is 0.200. The molecule has 1 aromatic carbocycles. The Morgan fingerprint density at radius 1 is 1.32 bits per heavy atom. The van der Waals surface area contributed by atoms with Crippen LogP contribution < -0.4 is 5.32 Å². The van der Waals surface area contributed by atoms with Crippen molar-refractivity contribution in [3.63, 3.8) is 0 Å². The first-order valence-corrected chi connectivity index (χ1v) is 5.99. The molecule has 0 amide bonds. The lowest BCUT2D eigenvalue weighted by molar-refractivity contribution is 0.619. The van der Waals surface area contributed by atoms with Crippen LogP contribution in [-0.4, -0.2) is 4.98 Å². The number of aryl methyl sites for hydroxylation is 1. The molecule has 0 saturated carbocycles. The van der Waals surface area contributed by atoms with Crippen LogP contribution in [0.15, 0.2) is 36.7 Å². The number of pyridine rings is 1. The predicted octanol–water partition coefficient (Wildman–Crippen LogP) is 2.69. The summed E-state index contributed by atoms with van der Waals surface area (Å²) < 4.78 is 13.2. The first-order valence-electron chi connectivity index (χ1n) is 5.99. The summed E-state index contributed by atoms with van der Waals surface area (Å²) in [6.45, 7) is 3.21. The number of halogens is 1. The number of nitrogens with one attached hydrogen (secondary N) is 1. The third-order valence-corrected chi connectivity index (χ3v) is 2.87. The molecule has 0 fully saturated rings. The fourth-order valence-electron chi connectivity index (χ4n) is 1.86. The molecule has 1 heterocycles. The number of benzene rings is 1. The van der Waals surface area contributed by atoms with Crippen molar-refractivity contribution >= 4 is 0 Å². The lowest BCUT2D eigenvalue weighted by Crippen LogP contribution is -2.13. The molecule has 0 radical (unpaired) electrons. The summed E-state index contributed by atoms with van der Waals surface area (Å²) in [7, 11) is 0. The minimum atomic E-state index is -0.379. The largest absolute Gasteiger partial charge is 0.309 e. The van der Waals surface area contributed by atoms with Gasteiger partial charge in [-0.25, -0.2) is 4.39 Å². The van der Waals surface area contributed by atoms with Crippen molar-refractivity contribution < 1.29 is 4.39 Å². The van der Waals surface area contributed by atoms with Crippen molar-refractivity contribution in [1.82, 2.24) is 10.3 Å². The molecule has 96 valence electrons. The second kappa shape index (κ2) is 6.07. The van der Waals surface area contributed by atoms with Crippen molar-refractivity contribution in [2.45, 2.75) is 20.0 Å². The van der Waals surface area contributed by atoms with E-state index in [4.69, 9.17) is 5.26 Å². The Morgan fingerprint density at radius 2 is 2.16 bits per heavy atom. The monoisotopic (exact) mass is 255 g/mol. The highest BCUT2D eigenvalue weighted by molar-refractivity contribution is 5.33. The van der Waals surface area contributed by atoms with Crippen LogP contribution in [0.5, 0.6) is 0 Å². The van der Waals surface area contributed by atoms with Crippen LogP contribution in [0.3, 0.4) is 0 Å². The number of hydrogen-bond acceptors (Lipinski definition) is 3. The Kier molecular flexibility index (Phi) is 4.22. The van der Waals surface area contributed by atoms with E-state index in [2.05, 4.69) is 10.3 Å². The SMILES string of the molecule is Cc1cnccc1CNCc1cc(F)cc(C#N)c1. The molecule has 0 aliphatic rings. The van der Waals surface area contributed by atoms with Crippen molar-refractivity contribution in [3.05, 3.63) is 64.7 Å². The lowest BCUT2D eigenvalue weighted by atomic mass is 10.1. The van der Waals surface area contributed by atoms with Crippen LogP contribution in [0.4, 0.5) is 4.39 Å². The Labute approximate surface area is 111 Å². The molecule has 0 aliphatic carbocycles. The minimum absolute atomic E-state index is 0.344. The van der Waals surface area contributed by atoms with E-state index in [-0.39, 0.29) is 5.82 Å². The van der Waals surface area contributed by atoms with Crippen LogP contribution in [0.2, 0.25) is 0 Å². The quantitative estimate of drug-likeness (QED) is 0.913. The number of hydrogen-bond donors (Lipinski definition) is 1. The van der Waals surface area contributed by atoms with Gasteiger partial charge in [-0.2, -0.15) is 5.26 Å². The maximum Gasteiger partial charge on any atom is 0.124 e. The molecule has 2 rings (SSSR count). The third-order valence-electron chi connectivity index (χ3n) is 2.87. The van der Waals surface area contributed by atoms with E-state index in [1.807, 2.05) is 25.3 Å². The topological polar surface area (TPSA) is 48.7 Å². The third kappa shape index (κ3) is 3.60. The van der Waals surface area contributed by atoms with E-state index in [0.29, 0.717) is 18.7 Å². The highest BCUT2D eigenvalue weighted by Crippen LogP contribution is 2.09. The van der Waals surface area contributed by atoms with E-state index in [1.165, 1.54) is 12.1 Å². The number of nitriles is 1. The number of aromatic nitrogens is 1. The van der Waals surface area contributed by atoms with Gasteiger partial charge < -0.3 is 5.32 Å². The predicted molar refractivity (Wildman–Crippen MR) is 70.6 cm³/mol. The van der Waals surface area contributed by atoms with E-state index >= 15 is 0 Å². The normalized spacial score (nSPS) is 10.2. The Bertz CT molecular complexity index is 617. The highest BCUT2D eigenvalue weighted by atomic mass is 19.1. The van der Waals surface area contributed by atoms with Gasteiger partial charge >= 0.3 is 0 Å². The summed E-state index contributed by atoms with van der Waals surface area (Å²) >= 11 is 0. The molecule has 3 nitrogen and oxygen atoms in total. The van der Waals surface area contributed by atoms with Crippen molar-refractivity contribution in [1.29, 1.82) is 5.26 Å². The highest BCUT2D eigenvalue weighted by Gasteiger charge is 2.01. The first kappa shape index (κ1) is 13.2. The zero-order chi connectivity index (χ0) is 13.7. The molecule has 19 heavy (non-hydrogen) atoms. The first-order chi connectivity index (χ1) is 9.19. The van der Waals surface area contributed by atoms with Crippen molar-refractivity contribution in [2.75, 3.05) is 0 Å². The molecule has 1 aromatic heterocycles. The summed E-state index contributed by atoms with van der Waals surface area (Å²) in [6, 6.07) is 8.26. The summed E-state index contributed by atoms with van der Waals surface area (Å²) in [5.74, 6) is -0.379. The summed E-state index contributed by atoms with van der Waals surface area (Å²) in [6.07, 6.45) is 3.56. The number of nitrogens with zero attached hydrogens (tertiary/aromatic N) is 2. The van der Waals surface area contributed by atoms with Gasteiger partial charge in [0.2, 0.25) is 0 Å². The number of rotatable bonds is 4. The standard InChI is InChI=1S/C15H14FN3/c1-11-8-18-3-2-14(11)10-19-9-13-4-12(7-17)5-15(16)6-13/h2-6,8,19H,9-10H2,1H3. The molecule has 0 atom stereocenters. The van der Waals surface area contributed by atoms with E-state index < -0.39 is 0 Å². The molecule has 0 aliphatic heterocycles. The van der Waals surface area contributed by atoms with E-state index in [9.17, 15) is 4.39 Å². The average Bonchev–Trinajstić information content (AvgIpc) is 2.40. The molecule has 0 spiro atoms. The molecule has 0 bridgehead atoms. The van der Waals surface area contributed by atoms with Gasteiger partial charge in [-0.1, -0.05) is 0 Å². The molecular weight excluding hydrogens is 241 g/mol. The fourth-order valence-corrected chi connectivity index (χ4v) is 1.86. The summed E-state index contributed by atoms with van der Waals surface area (Å²) in [5, 5.41) is 12.0. The van der Waals surface area contributed by atoms with Crippen LogP contribution >= 0.6 is 0 Å². The second-order valence-corrected chi connectivity index (χ2v) is 4.37. The van der Waals surface area contributed by atoms with E-state index in [1.54, 1.807) is 12.3 Å². The zero-order valence-corrected chi connectivity index (χ0v) is 10.7. The second-order valence-electron chi connectivity index (χ2n) is 4.37. The summed E-state index contributed by atoms with van der Waals surface area (Å²) in [4.78, 5) is 4.03. The van der Waals surface area contributed by atoms with Gasteiger partial charge in [0.25, 0.3) is 0 Å².